The fourth-order valence-electron chi connectivity index (χ4n) is 1.34. The third-order valence-corrected chi connectivity index (χ3v) is 2.27. The topological polar surface area (TPSA) is 143 Å². The standard InChI is InChI=1S/C11H13N3O5/c12-9(16)2-1-8(11(18)19)14-10(17)6-3-7(15)5-13-4-6/h3-5,8,15H,1-2H2,(H2,12,16)(H,14,17)(H,18,19)/t8-/m0/s1. The first-order valence-electron chi connectivity index (χ1n) is 5.36. The number of aromatic hydroxyl groups is 1. The molecule has 0 saturated carbocycles. The van der Waals surface area contributed by atoms with Gasteiger partial charge in [0.1, 0.15) is 11.8 Å². The summed E-state index contributed by atoms with van der Waals surface area (Å²) < 4.78 is 0. The minimum atomic E-state index is -1.28. The Hall–Kier alpha value is -2.64. The minimum Gasteiger partial charge on any atom is -0.506 e. The predicted molar refractivity (Wildman–Crippen MR) is 63.2 cm³/mol. The van der Waals surface area contributed by atoms with Crippen LogP contribution in [0.15, 0.2) is 18.5 Å². The van der Waals surface area contributed by atoms with Crippen LogP contribution in [0.5, 0.6) is 5.75 Å². The second kappa shape index (κ2) is 6.34. The molecule has 8 nitrogen and oxygen atoms in total. The molecule has 0 radical (unpaired) electrons. The van der Waals surface area contributed by atoms with E-state index in [0.29, 0.717) is 0 Å². The Morgan fingerprint density at radius 1 is 1.37 bits per heavy atom. The number of primary amides is 1. The molecule has 2 amide bonds. The molecular weight excluding hydrogens is 254 g/mol. The summed E-state index contributed by atoms with van der Waals surface area (Å²) in [5.74, 6) is -2.85. The third-order valence-electron chi connectivity index (χ3n) is 2.27. The van der Waals surface area contributed by atoms with Crippen molar-refractivity contribution in [1.29, 1.82) is 0 Å². The normalized spacial score (nSPS) is 11.6. The van der Waals surface area contributed by atoms with E-state index in [4.69, 9.17) is 15.9 Å². The van der Waals surface area contributed by atoms with Crippen molar-refractivity contribution < 1.29 is 24.6 Å². The van der Waals surface area contributed by atoms with Gasteiger partial charge in [-0.25, -0.2) is 4.79 Å². The van der Waals surface area contributed by atoms with Gasteiger partial charge in [0.15, 0.2) is 0 Å². The van der Waals surface area contributed by atoms with Gasteiger partial charge in [0.2, 0.25) is 5.91 Å². The molecule has 1 aromatic rings. The number of hydrogen-bond acceptors (Lipinski definition) is 5. The summed E-state index contributed by atoms with van der Waals surface area (Å²) in [6, 6.07) is -0.0858. The smallest absolute Gasteiger partial charge is 0.326 e. The van der Waals surface area contributed by atoms with Gasteiger partial charge in [-0.3, -0.25) is 14.6 Å². The molecular formula is C11H13N3O5. The van der Waals surface area contributed by atoms with Gasteiger partial charge in [-0.05, 0) is 12.5 Å². The number of amides is 2. The van der Waals surface area contributed by atoms with Gasteiger partial charge in [0, 0.05) is 12.6 Å². The van der Waals surface area contributed by atoms with E-state index in [2.05, 4.69) is 10.3 Å². The Morgan fingerprint density at radius 2 is 2.05 bits per heavy atom. The lowest BCUT2D eigenvalue weighted by Crippen LogP contribution is -2.41. The zero-order valence-electron chi connectivity index (χ0n) is 9.87. The van der Waals surface area contributed by atoms with E-state index in [1.807, 2.05) is 0 Å². The van der Waals surface area contributed by atoms with Gasteiger partial charge in [0.25, 0.3) is 5.91 Å². The Morgan fingerprint density at radius 3 is 2.58 bits per heavy atom. The van der Waals surface area contributed by atoms with Crippen LogP contribution in [0.4, 0.5) is 0 Å². The summed E-state index contributed by atoms with van der Waals surface area (Å²) in [6.07, 6.45) is 2.05. The molecule has 0 unspecified atom stereocenters. The lowest BCUT2D eigenvalue weighted by Gasteiger charge is -2.13. The molecule has 0 fully saturated rings. The second-order valence-corrected chi connectivity index (χ2v) is 3.80. The molecule has 0 saturated heterocycles. The van der Waals surface area contributed by atoms with Gasteiger partial charge in [-0.15, -0.1) is 0 Å². The van der Waals surface area contributed by atoms with Gasteiger partial charge >= 0.3 is 5.97 Å². The third kappa shape index (κ3) is 4.62. The number of aromatic nitrogens is 1. The number of aliphatic carboxylic acids is 1. The van der Waals surface area contributed by atoms with E-state index in [9.17, 15) is 14.4 Å². The summed E-state index contributed by atoms with van der Waals surface area (Å²) in [7, 11) is 0. The first-order chi connectivity index (χ1) is 8.90. The van der Waals surface area contributed by atoms with Gasteiger partial charge in [0.05, 0.1) is 11.8 Å². The maximum Gasteiger partial charge on any atom is 0.326 e. The monoisotopic (exact) mass is 267 g/mol. The van der Waals surface area contributed by atoms with Crippen molar-refractivity contribution in [2.24, 2.45) is 5.73 Å². The van der Waals surface area contributed by atoms with Crippen molar-refractivity contribution in [2.75, 3.05) is 0 Å². The molecule has 8 heteroatoms. The number of pyridine rings is 1. The van der Waals surface area contributed by atoms with E-state index in [1.165, 1.54) is 6.20 Å². The minimum absolute atomic E-state index is 0.0188. The maximum absolute atomic E-state index is 11.7. The Kier molecular flexibility index (Phi) is 4.81. The number of nitrogens with one attached hydrogen (secondary N) is 1. The Labute approximate surface area is 108 Å². The van der Waals surface area contributed by atoms with E-state index < -0.39 is 23.8 Å². The molecule has 102 valence electrons. The number of carboxylic acids is 1. The molecule has 5 N–H and O–H groups in total. The second-order valence-electron chi connectivity index (χ2n) is 3.80. The molecule has 0 bridgehead atoms. The highest BCUT2D eigenvalue weighted by atomic mass is 16.4. The van der Waals surface area contributed by atoms with Crippen molar-refractivity contribution in [3.8, 4) is 5.75 Å². The molecule has 0 aliphatic heterocycles. The summed E-state index contributed by atoms with van der Waals surface area (Å²) in [4.78, 5) is 36.8. The Bertz CT molecular complexity index is 503. The molecule has 0 aliphatic rings. The number of carboxylic acid groups (broad SMARTS) is 1. The molecule has 1 rings (SSSR count). The van der Waals surface area contributed by atoms with Crippen LogP contribution in [0.2, 0.25) is 0 Å². The van der Waals surface area contributed by atoms with Crippen molar-refractivity contribution in [3.63, 3.8) is 0 Å². The van der Waals surface area contributed by atoms with Crippen LogP contribution >= 0.6 is 0 Å². The molecule has 1 aromatic heterocycles. The highest BCUT2D eigenvalue weighted by Crippen LogP contribution is 2.09. The summed E-state index contributed by atoms with van der Waals surface area (Å²) in [5, 5.41) is 20.3. The van der Waals surface area contributed by atoms with Crippen LogP contribution < -0.4 is 11.1 Å². The number of hydrogen-bond donors (Lipinski definition) is 4. The molecule has 0 spiro atoms. The lowest BCUT2D eigenvalue weighted by molar-refractivity contribution is -0.139. The first kappa shape index (κ1) is 14.4. The van der Waals surface area contributed by atoms with Gasteiger partial charge in [-0.2, -0.15) is 0 Å². The van der Waals surface area contributed by atoms with E-state index in [-0.39, 0.29) is 24.2 Å². The summed E-state index contributed by atoms with van der Waals surface area (Å²) in [6.45, 7) is 0. The first-order valence-corrected chi connectivity index (χ1v) is 5.36. The van der Waals surface area contributed by atoms with Crippen molar-refractivity contribution in [1.82, 2.24) is 10.3 Å². The average Bonchev–Trinajstić information content (AvgIpc) is 2.33. The van der Waals surface area contributed by atoms with Crippen LogP contribution in [0.3, 0.4) is 0 Å². The summed E-state index contributed by atoms with van der Waals surface area (Å²) >= 11 is 0. The Balaban J connectivity index is 2.71. The number of nitrogens with two attached hydrogens (primary N) is 1. The highest BCUT2D eigenvalue weighted by Gasteiger charge is 2.21. The van der Waals surface area contributed by atoms with Crippen molar-refractivity contribution in [3.05, 3.63) is 24.0 Å². The maximum atomic E-state index is 11.7. The molecule has 19 heavy (non-hydrogen) atoms. The van der Waals surface area contributed by atoms with Crippen molar-refractivity contribution in [2.45, 2.75) is 18.9 Å². The number of carbonyl (C=O) groups is 3. The summed E-state index contributed by atoms with van der Waals surface area (Å²) in [5.41, 5.74) is 4.93. The average molecular weight is 267 g/mol. The zero-order chi connectivity index (χ0) is 14.4. The lowest BCUT2D eigenvalue weighted by atomic mass is 10.1. The fraction of sp³-hybridized carbons (Fsp3) is 0.273. The fourth-order valence-corrected chi connectivity index (χ4v) is 1.34. The van der Waals surface area contributed by atoms with E-state index in [1.54, 1.807) is 0 Å². The largest absolute Gasteiger partial charge is 0.506 e. The van der Waals surface area contributed by atoms with E-state index >= 15 is 0 Å². The molecule has 0 aliphatic carbocycles. The zero-order valence-corrected chi connectivity index (χ0v) is 9.87. The van der Waals surface area contributed by atoms with Crippen LogP contribution in [-0.4, -0.2) is 39.0 Å². The molecule has 1 heterocycles. The van der Waals surface area contributed by atoms with Crippen molar-refractivity contribution >= 4 is 17.8 Å². The molecule has 1 atom stereocenters. The quantitative estimate of drug-likeness (QED) is 0.533. The number of nitrogens with zero attached hydrogens (tertiary/aromatic N) is 1. The molecule has 0 aromatic carbocycles. The number of rotatable bonds is 6. The van der Waals surface area contributed by atoms with Crippen LogP contribution in [0.1, 0.15) is 23.2 Å². The van der Waals surface area contributed by atoms with Gasteiger partial charge < -0.3 is 21.3 Å². The van der Waals surface area contributed by atoms with E-state index in [0.717, 1.165) is 12.3 Å². The van der Waals surface area contributed by atoms with Crippen LogP contribution in [0, 0.1) is 0 Å². The number of carbonyl (C=O) groups excluding carboxylic acids is 2. The van der Waals surface area contributed by atoms with Crippen LogP contribution in [0.25, 0.3) is 0 Å². The van der Waals surface area contributed by atoms with Gasteiger partial charge in [-0.1, -0.05) is 0 Å². The predicted octanol–water partition coefficient (Wildman–Crippen LogP) is -0.764. The van der Waals surface area contributed by atoms with Crippen LogP contribution in [-0.2, 0) is 9.59 Å². The highest BCUT2D eigenvalue weighted by molar-refractivity contribution is 5.96. The SMILES string of the molecule is NC(=O)CC[C@H](NC(=O)c1cncc(O)c1)C(=O)O.